The largest absolute Gasteiger partial charge is 0.493 e. The number of carbonyl (C=O) groups excluding carboxylic acids is 1. The van der Waals surface area contributed by atoms with Gasteiger partial charge in [0.1, 0.15) is 5.75 Å². The molecule has 0 spiro atoms. The first-order valence-electron chi connectivity index (χ1n) is 8.43. The van der Waals surface area contributed by atoms with E-state index in [4.69, 9.17) is 4.74 Å². The number of ether oxygens (including phenoxy) is 1. The molecule has 1 aliphatic rings. The second kappa shape index (κ2) is 7.37. The van der Waals surface area contributed by atoms with E-state index in [1.54, 1.807) is 24.3 Å². The Bertz CT molecular complexity index is 894. The van der Waals surface area contributed by atoms with Gasteiger partial charge in [-0.05, 0) is 30.7 Å². The quantitative estimate of drug-likeness (QED) is 0.862. The van der Waals surface area contributed by atoms with Crippen molar-refractivity contribution in [2.24, 2.45) is 0 Å². The van der Waals surface area contributed by atoms with E-state index >= 15 is 0 Å². The van der Waals surface area contributed by atoms with Crippen LogP contribution in [0.4, 0.5) is 4.79 Å². The van der Waals surface area contributed by atoms with Gasteiger partial charge in [0, 0.05) is 18.2 Å². The van der Waals surface area contributed by atoms with Crippen molar-refractivity contribution in [3.8, 4) is 5.75 Å². The molecule has 2 aromatic carbocycles. The Labute approximate surface area is 153 Å². The van der Waals surface area contributed by atoms with Crippen LogP contribution < -0.4 is 15.4 Å². The highest BCUT2D eigenvalue weighted by molar-refractivity contribution is 7.90. The highest BCUT2D eigenvalue weighted by Gasteiger charge is 2.23. The van der Waals surface area contributed by atoms with E-state index in [-0.39, 0.29) is 23.0 Å². The van der Waals surface area contributed by atoms with Crippen molar-refractivity contribution >= 4 is 15.9 Å². The van der Waals surface area contributed by atoms with E-state index in [2.05, 4.69) is 10.6 Å². The number of benzene rings is 2. The number of carbonyl (C=O) groups is 1. The minimum Gasteiger partial charge on any atom is -0.493 e. The molecule has 2 N–H and O–H groups in total. The maximum Gasteiger partial charge on any atom is 0.315 e. The van der Waals surface area contributed by atoms with Crippen molar-refractivity contribution < 1.29 is 17.9 Å². The Morgan fingerprint density at radius 2 is 1.85 bits per heavy atom. The van der Waals surface area contributed by atoms with Gasteiger partial charge in [-0.15, -0.1) is 0 Å². The van der Waals surface area contributed by atoms with Gasteiger partial charge in [-0.3, -0.25) is 0 Å². The summed E-state index contributed by atoms with van der Waals surface area (Å²) >= 11 is 0. The zero-order chi connectivity index (χ0) is 18.7. The number of sulfone groups is 1. The zero-order valence-corrected chi connectivity index (χ0v) is 15.5. The van der Waals surface area contributed by atoms with Gasteiger partial charge in [-0.1, -0.05) is 30.3 Å². The Balaban J connectivity index is 1.63. The first-order valence-corrected chi connectivity index (χ1v) is 10.3. The van der Waals surface area contributed by atoms with E-state index in [9.17, 15) is 13.2 Å². The fraction of sp³-hybridized carbons (Fsp3) is 0.316. The third-order valence-electron chi connectivity index (χ3n) is 4.42. The van der Waals surface area contributed by atoms with E-state index in [1.807, 2.05) is 31.2 Å². The zero-order valence-electron chi connectivity index (χ0n) is 14.7. The van der Waals surface area contributed by atoms with Crippen molar-refractivity contribution in [3.05, 3.63) is 59.7 Å². The first-order chi connectivity index (χ1) is 12.3. The fourth-order valence-electron chi connectivity index (χ4n) is 2.98. The topological polar surface area (TPSA) is 84.5 Å². The number of hydrogen-bond donors (Lipinski definition) is 2. The van der Waals surface area contributed by atoms with Crippen LogP contribution in [-0.2, 0) is 9.84 Å². The van der Waals surface area contributed by atoms with Gasteiger partial charge in [0.15, 0.2) is 9.84 Å². The van der Waals surface area contributed by atoms with Crippen LogP contribution in [0.25, 0.3) is 0 Å². The molecule has 1 aliphatic heterocycles. The molecule has 0 aromatic heterocycles. The second-order valence-electron chi connectivity index (χ2n) is 6.41. The number of urea groups is 1. The molecule has 2 atom stereocenters. The predicted octanol–water partition coefficient (Wildman–Crippen LogP) is 2.97. The summed E-state index contributed by atoms with van der Waals surface area (Å²) in [7, 11) is -3.23. The van der Waals surface area contributed by atoms with Gasteiger partial charge in [-0.25, -0.2) is 13.2 Å². The molecule has 0 fully saturated rings. The Kier molecular flexibility index (Phi) is 5.18. The molecule has 0 saturated carbocycles. The van der Waals surface area contributed by atoms with Gasteiger partial charge in [0.25, 0.3) is 0 Å². The number of nitrogens with one attached hydrogen (secondary N) is 2. The summed E-state index contributed by atoms with van der Waals surface area (Å²) in [6, 6.07) is 13.6. The summed E-state index contributed by atoms with van der Waals surface area (Å²) in [5.74, 6) is 0.800. The SMILES string of the molecule is CC(NC(=O)NC1CCOc2ccccc21)c1ccc(S(C)(=O)=O)cc1. The van der Waals surface area contributed by atoms with Crippen molar-refractivity contribution in [2.45, 2.75) is 30.3 Å². The number of hydrogen-bond acceptors (Lipinski definition) is 4. The standard InChI is InChI=1S/C19H22N2O4S/c1-13(14-7-9-15(10-8-14)26(2,23)24)20-19(22)21-17-11-12-25-18-6-4-3-5-16(17)18/h3-10,13,17H,11-12H2,1-2H3,(H2,20,21,22). The van der Waals surface area contributed by atoms with Crippen LogP contribution in [-0.4, -0.2) is 27.3 Å². The van der Waals surface area contributed by atoms with Crippen molar-refractivity contribution in [1.82, 2.24) is 10.6 Å². The lowest BCUT2D eigenvalue weighted by Crippen LogP contribution is -2.40. The average molecular weight is 374 g/mol. The first kappa shape index (κ1) is 18.3. The lowest BCUT2D eigenvalue weighted by atomic mass is 10.0. The molecule has 6 nitrogen and oxygen atoms in total. The maximum absolute atomic E-state index is 12.4. The molecule has 3 rings (SSSR count). The number of rotatable bonds is 4. The van der Waals surface area contributed by atoms with Gasteiger partial charge < -0.3 is 15.4 Å². The van der Waals surface area contributed by atoms with Gasteiger partial charge >= 0.3 is 6.03 Å². The summed E-state index contributed by atoms with van der Waals surface area (Å²) in [6.45, 7) is 2.41. The van der Waals surface area contributed by atoms with Gasteiger partial charge in [0.05, 0.1) is 23.6 Å². The molecular weight excluding hydrogens is 352 g/mol. The highest BCUT2D eigenvalue weighted by atomic mass is 32.2. The van der Waals surface area contributed by atoms with Crippen molar-refractivity contribution in [1.29, 1.82) is 0 Å². The molecule has 138 valence electrons. The smallest absolute Gasteiger partial charge is 0.315 e. The third kappa shape index (κ3) is 4.16. The molecule has 0 saturated heterocycles. The van der Waals surface area contributed by atoms with E-state index in [0.717, 1.165) is 16.9 Å². The minimum atomic E-state index is -3.23. The van der Waals surface area contributed by atoms with Crippen LogP contribution in [0.3, 0.4) is 0 Å². The third-order valence-corrected chi connectivity index (χ3v) is 5.55. The summed E-state index contributed by atoms with van der Waals surface area (Å²) in [5.41, 5.74) is 1.80. The van der Waals surface area contributed by atoms with Crippen LogP contribution >= 0.6 is 0 Å². The fourth-order valence-corrected chi connectivity index (χ4v) is 3.61. The van der Waals surface area contributed by atoms with Crippen LogP contribution in [0.2, 0.25) is 0 Å². The highest BCUT2D eigenvalue weighted by Crippen LogP contribution is 2.31. The average Bonchev–Trinajstić information content (AvgIpc) is 2.61. The Hall–Kier alpha value is -2.54. The Morgan fingerprint density at radius 3 is 2.54 bits per heavy atom. The molecule has 1 heterocycles. The van der Waals surface area contributed by atoms with Crippen molar-refractivity contribution in [3.63, 3.8) is 0 Å². The lowest BCUT2D eigenvalue weighted by Gasteiger charge is -2.27. The monoisotopic (exact) mass is 374 g/mol. The van der Waals surface area contributed by atoms with E-state index in [1.165, 1.54) is 6.26 Å². The van der Waals surface area contributed by atoms with Crippen LogP contribution in [0.5, 0.6) is 5.75 Å². The second-order valence-corrected chi connectivity index (χ2v) is 8.42. The molecular formula is C19H22N2O4S. The Morgan fingerprint density at radius 1 is 1.15 bits per heavy atom. The van der Waals surface area contributed by atoms with Crippen LogP contribution in [0.15, 0.2) is 53.4 Å². The normalized spacial score (nSPS) is 17.5. The molecule has 0 aliphatic carbocycles. The maximum atomic E-state index is 12.4. The number of para-hydroxylation sites is 1. The minimum absolute atomic E-state index is 0.0974. The summed E-state index contributed by atoms with van der Waals surface area (Å²) in [5, 5.41) is 5.88. The van der Waals surface area contributed by atoms with E-state index < -0.39 is 9.84 Å². The number of amides is 2. The summed E-state index contributed by atoms with van der Waals surface area (Å²) in [4.78, 5) is 12.6. The molecule has 2 amide bonds. The molecule has 26 heavy (non-hydrogen) atoms. The van der Waals surface area contributed by atoms with Crippen LogP contribution in [0.1, 0.15) is 36.6 Å². The van der Waals surface area contributed by atoms with Gasteiger partial charge in [-0.2, -0.15) is 0 Å². The van der Waals surface area contributed by atoms with Gasteiger partial charge in [0.2, 0.25) is 0 Å². The number of fused-ring (bicyclic) bond motifs is 1. The van der Waals surface area contributed by atoms with Crippen LogP contribution in [0, 0.1) is 0 Å². The summed E-state index contributed by atoms with van der Waals surface area (Å²) < 4.78 is 28.7. The molecule has 0 bridgehead atoms. The predicted molar refractivity (Wildman–Crippen MR) is 98.9 cm³/mol. The summed E-state index contributed by atoms with van der Waals surface area (Å²) in [6.07, 6.45) is 1.88. The lowest BCUT2D eigenvalue weighted by molar-refractivity contribution is 0.221. The molecule has 0 radical (unpaired) electrons. The van der Waals surface area contributed by atoms with Crippen molar-refractivity contribution in [2.75, 3.05) is 12.9 Å². The molecule has 2 aromatic rings. The molecule has 7 heteroatoms. The van der Waals surface area contributed by atoms with E-state index in [0.29, 0.717) is 13.0 Å². The molecule has 2 unspecified atom stereocenters.